The van der Waals surface area contributed by atoms with Crippen molar-refractivity contribution in [2.24, 2.45) is 5.84 Å². The van der Waals surface area contributed by atoms with E-state index < -0.39 is 0 Å². The number of hydrogen-bond donors (Lipinski definition) is 2. The molecule has 1 atom stereocenters. The van der Waals surface area contributed by atoms with Gasteiger partial charge in [0.25, 0.3) is 0 Å². The minimum Gasteiger partial charge on any atom is -0.466 e. The summed E-state index contributed by atoms with van der Waals surface area (Å²) < 4.78 is 5.52. The molecule has 2 rings (SSSR count). The van der Waals surface area contributed by atoms with Gasteiger partial charge in [-0.25, -0.2) is 5.43 Å². The molecule has 3 nitrogen and oxygen atoms in total. The van der Waals surface area contributed by atoms with Crippen molar-refractivity contribution in [3.05, 3.63) is 59.0 Å². The van der Waals surface area contributed by atoms with Crippen LogP contribution in [0.3, 0.4) is 0 Å². The fraction of sp³-hybridized carbons (Fsp3) is 0.231. The van der Waals surface area contributed by atoms with Gasteiger partial charge < -0.3 is 4.42 Å². The molecule has 3 N–H and O–H groups in total. The minimum absolute atomic E-state index is 0.0151. The molecule has 16 heavy (non-hydrogen) atoms. The van der Waals surface area contributed by atoms with E-state index in [9.17, 15) is 0 Å². The average molecular weight is 216 g/mol. The third-order valence-corrected chi connectivity index (χ3v) is 2.69. The van der Waals surface area contributed by atoms with Crippen LogP contribution in [0.5, 0.6) is 0 Å². The molecule has 1 aromatic heterocycles. The lowest BCUT2D eigenvalue weighted by molar-refractivity contribution is 0.495. The van der Waals surface area contributed by atoms with E-state index in [1.807, 2.05) is 50.2 Å². The van der Waals surface area contributed by atoms with Gasteiger partial charge in [-0.3, -0.25) is 5.84 Å². The zero-order chi connectivity index (χ0) is 11.5. The van der Waals surface area contributed by atoms with Crippen molar-refractivity contribution < 1.29 is 4.42 Å². The van der Waals surface area contributed by atoms with Crippen molar-refractivity contribution in [3.63, 3.8) is 0 Å². The van der Waals surface area contributed by atoms with Crippen LogP contribution in [0.15, 0.2) is 40.8 Å². The van der Waals surface area contributed by atoms with Crippen molar-refractivity contribution in [3.8, 4) is 0 Å². The molecule has 0 aliphatic heterocycles. The van der Waals surface area contributed by atoms with Gasteiger partial charge in [-0.05, 0) is 25.5 Å². The number of nitrogens with one attached hydrogen (secondary N) is 1. The second-order valence-electron chi connectivity index (χ2n) is 3.88. The third kappa shape index (κ3) is 2.01. The zero-order valence-corrected chi connectivity index (χ0v) is 9.53. The summed E-state index contributed by atoms with van der Waals surface area (Å²) in [5.74, 6) is 7.44. The maximum absolute atomic E-state index is 5.62. The number of furan rings is 1. The van der Waals surface area contributed by atoms with Gasteiger partial charge in [0.15, 0.2) is 0 Å². The van der Waals surface area contributed by atoms with Crippen LogP contribution in [-0.2, 0) is 0 Å². The molecule has 0 aliphatic carbocycles. The molecular formula is C13H16N2O. The van der Waals surface area contributed by atoms with Crippen molar-refractivity contribution in [2.45, 2.75) is 19.9 Å². The maximum Gasteiger partial charge on any atom is 0.106 e. The first-order valence-electron chi connectivity index (χ1n) is 5.30. The predicted molar refractivity (Wildman–Crippen MR) is 63.8 cm³/mol. The Labute approximate surface area is 95.2 Å². The fourth-order valence-electron chi connectivity index (χ4n) is 1.95. The molecular weight excluding hydrogens is 200 g/mol. The number of nitrogens with two attached hydrogens (primary N) is 1. The SMILES string of the molecule is Cc1cc(C(NN)c2ccccc2)c(C)o1. The number of hydrazine groups is 1. The Kier molecular flexibility index (Phi) is 3.08. The van der Waals surface area contributed by atoms with E-state index in [-0.39, 0.29) is 6.04 Å². The molecule has 84 valence electrons. The zero-order valence-electron chi connectivity index (χ0n) is 9.53. The Morgan fingerprint density at radius 1 is 1.19 bits per heavy atom. The Balaban J connectivity index is 2.40. The molecule has 2 aromatic rings. The highest BCUT2D eigenvalue weighted by molar-refractivity contribution is 5.34. The first kappa shape index (κ1) is 10.9. The van der Waals surface area contributed by atoms with Gasteiger partial charge in [-0.2, -0.15) is 0 Å². The Bertz CT molecular complexity index is 462. The van der Waals surface area contributed by atoms with Crippen molar-refractivity contribution in [1.82, 2.24) is 5.43 Å². The molecule has 0 saturated carbocycles. The monoisotopic (exact) mass is 216 g/mol. The summed E-state index contributed by atoms with van der Waals surface area (Å²) in [5.41, 5.74) is 5.05. The number of hydrogen-bond acceptors (Lipinski definition) is 3. The molecule has 1 aromatic carbocycles. The lowest BCUT2D eigenvalue weighted by Crippen LogP contribution is -2.28. The summed E-state index contributed by atoms with van der Waals surface area (Å²) >= 11 is 0. The van der Waals surface area contributed by atoms with Gasteiger partial charge in [0.1, 0.15) is 11.5 Å². The van der Waals surface area contributed by atoms with Gasteiger partial charge in [0, 0.05) is 5.56 Å². The van der Waals surface area contributed by atoms with Crippen LogP contribution in [0.2, 0.25) is 0 Å². The Morgan fingerprint density at radius 3 is 2.38 bits per heavy atom. The Hall–Kier alpha value is -1.58. The predicted octanol–water partition coefficient (Wildman–Crippen LogP) is 2.45. The highest BCUT2D eigenvalue weighted by Gasteiger charge is 2.17. The third-order valence-electron chi connectivity index (χ3n) is 2.69. The second-order valence-corrected chi connectivity index (χ2v) is 3.88. The topological polar surface area (TPSA) is 51.2 Å². The van der Waals surface area contributed by atoms with Crippen molar-refractivity contribution in [2.75, 3.05) is 0 Å². The standard InChI is InChI=1S/C13H16N2O/c1-9-8-12(10(2)16-9)13(15-14)11-6-4-3-5-7-11/h3-8,13,15H,14H2,1-2H3. The van der Waals surface area contributed by atoms with Crippen LogP contribution < -0.4 is 11.3 Å². The fourth-order valence-corrected chi connectivity index (χ4v) is 1.95. The first-order chi connectivity index (χ1) is 7.72. The summed E-state index contributed by atoms with van der Waals surface area (Å²) in [4.78, 5) is 0. The lowest BCUT2D eigenvalue weighted by atomic mass is 10.00. The molecule has 0 amide bonds. The summed E-state index contributed by atoms with van der Waals surface area (Å²) in [5, 5.41) is 0. The van der Waals surface area contributed by atoms with Crippen molar-refractivity contribution >= 4 is 0 Å². The van der Waals surface area contributed by atoms with E-state index >= 15 is 0 Å². The van der Waals surface area contributed by atoms with Gasteiger partial charge in [-0.15, -0.1) is 0 Å². The number of rotatable bonds is 3. The highest BCUT2D eigenvalue weighted by atomic mass is 16.3. The quantitative estimate of drug-likeness (QED) is 0.612. The molecule has 0 fully saturated rings. The van der Waals surface area contributed by atoms with E-state index in [0.29, 0.717) is 0 Å². The minimum atomic E-state index is -0.0151. The van der Waals surface area contributed by atoms with E-state index in [2.05, 4.69) is 5.43 Å². The van der Waals surface area contributed by atoms with E-state index in [4.69, 9.17) is 10.3 Å². The van der Waals surface area contributed by atoms with E-state index in [1.54, 1.807) is 0 Å². The lowest BCUT2D eigenvalue weighted by Gasteiger charge is -2.15. The van der Waals surface area contributed by atoms with Crippen LogP contribution in [0.4, 0.5) is 0 Å². The Morgan fingerprint density at radius 2 is 1.88 bits per heavy atom. The van der Waals surface area contributed by atoms with Crippen LogP contribution >= 0.6 is 0 Å². The van der Waals surface area contributed by atoms with Crippen LogP contribution in [0.25, 0.3) is 0 Å². The van der Waals surface area contributed by atoms with E-state index in [1.165, 1.54) is 0 Å². The van der Waals surface area contributed by atoms with Crippen LogP contribution in [0.1, 0.15) is 28.7 Å². The molecule has 1 unspecified atom stereocenters. The molecule has 0 spiro atoms. The van der Waals surface area contributed by atoms with Gasteiger partial charge >= 0.3 is 0 Å². The second kappa shape index (κ2) is 4.51. The molecule has 0 aliphatic rings. The number of benzene rings is 1. The van der Waals surface area contributed by atoms with Crippen LogP contribution in [-0.4, -0.2) is 0 Å². The molecule has 1 heterocycles. The molecule has 0 radical (unpaired) electrons. The normalized spacial score (nSPS) is 12.7. The smallest absolute Gasteiger partial charge is 0.106 e. The average Bonchev–Trinajstić information content (AvgIpc) is 2.61. The molecule has 0 saturated heterocycles. The van der Waals surface area contributed by atoms with Crippen LogP contribution in [0, 0.1) is 13.8 Å². The summed E-state index contributed by atoms with van der Waals surface area (Å²) in [7, 11) is 0. The maximum atomic E-state index is 5.62. The molecule has 0 bridgehead atoms. The molecule has 3 heteroatoms. The van der Waals surface area contributed by atoms with Crippen molar-refractivity contribution in [1.29, 1.82) is 0 Å². The summed E-state index contributed by atoms with van der Waals surface area (Å²) in [6, 6.07) is 12.1. The highest BCUT2D eigenvalue weighted by Crippen LogP contribution is 2.26. The van der Waals surface area contributed by atoms with Gasteiger partial charge in [-0.1, -0.05) is 30.3 Å². The summed E-state index contributed by atoms with van der Waals surface area (Å²) in [6.45, 7) is 3.89. The van der Waals surface area contributed by atoms with Gasteiger partial charge in [0.05, 0.1) is 6.04 Å². The van der Waals surface area contributed by atoms with Gasteiger partial charge in [0.2, 0.25) is 0 Å². The first-order valence-corrected chi connectivity index (χ1v) is 5.30. The largest absolute Gasteiger partial charge is 0.466 e. The van der Waals surface area contributed by atoms with E-state index in [0.717, 1.165) is 22.6 Å². The summed E-state index contributed by atoms with van der Waals surface area (Å²) in [6.07, 6.45) is 0. The number of aryl methyl sites for hydroxylation is 2.